The van der Waals surface area contributed by atoms with E-state index in [4.69, 9.17) is 0 Å². The molecule has 4 heterocycles. The topological polar surface area (TPSA) is 46.0 Å². The van der Waals surface area contributed by atoms with Gasteiger partial charge in [-0.15, -0.1) is 10.2 Å². The maximum Gasteiger partial charge on any atom is 0.136 e. The Bertz CT molecular complexity index is 509. The van der Waals surface area contributed by atoms with Crippen LogP contribution in [-0.4, -0.2) is 52.4 Å². The molecule has 22 heavy (non-hydrogen) atoms. The third-order valence-electron chi connectivity index (χ3n) is 5.90. The van der Waals surface area contributed by atoms with Crippen LogP contribution in [0.25, 0.3) is 0 Å². The molecule has 0 amide bonds. The Labute approximate surface area is 133 Å². The van der Waals surface area contributed by atoms with Crippen LogP contribution in [0.15, 0.2) is 0 Å². The van der Waals surface area contributed by atoms with Gasteiger partial charge >= 0.3 is 0 Å². The first-order chi connectivity index (χ1) is 10.7. The normalized spacial score (nSPS) is 30.6. The largest absolute Gasteiger partial charge is 0.316 e. The molecule has 2 fully saturated rings. The van der Waals surface area contributed by atoms with E-state index < -0.39 is 0 Å². The second kappa shape index (κ2) is 5.93. The summed E-state index contributed by atoms with van der Waals surface area (Å²) in [7, 11) is 0. The summed E-state index contributed by atoms with van der Waals surface area (Å²) in [6.45, 7) is 9.66. The van der Waals surface area contributed by atoms with E-state index >= 15 is 0 Å². The number of aryl methyl sites for hydroxylation is 1. The van der Waals surface area contributed by atoms with Crippen LogP contribution in [0.4, 0.5) is 0 Å². The number of nitrogens with one attached hydrogen (secondary N) is 1. The van der Waals surface area contributed by atoms with Gasteiger partial charge in [-0.1, -0.05) is 6.92 Å². The lowest BCUT2D eigenvalue weighted by molar-refractivity contribution is 0.141. The molecule has 0 saturated carbocycles. The third kappa shape index (κ3) is 2.81. The summed E-state index contributed by atoms with van der Waals surface area (Å²) in [4.78, 5) is 2.68. The van der Waals surface area contributed by atoms with E-state index in [0.717, 1.165) is 13.0 Å². The number of hydrogen-bond donors (Lipinski definition) is 1. The van der Waals surface area contributed by atoms with Crippen molar-refractivity contribution < 1.29 is 0 Å². The Kier molecular flexibility index (Phi) is 3.95. The summed E-state index contributed by atoms with van der Waals surface area (Å²) in [6, 6.07) is 0. The second-order valence-electron chi connectivity index (χ2n) is 7.87. The minimum absolute atomic E-state index is 0.487. The van der Waals surface area contributed by atoms with Gasteiger partial charge in [-0.25, -0.2) is 0 Å². The molecule has 2 saturated heterocycles. The summed E-state index contributed by atoms with van der Waals surface area (Å²) in [5.41, 5.74) is 0.487. The molecular weight excluding hydrogens is 274 g/mol. The molecule has 3 aliphatic rings. The molecule has 4 rings (SSSR count). The highest BCUT2D eigenvalue weighted by Crippen LogP contribution is 2.32. The van der Waals surface area contributed by atoms with Gasteiger partial charge in [0.15, 0.2) is 0 Å². The van der Waals surface area contributed by atoms with Gasteiger partial charge in [0.2, 0.25) is 0 Å². The van der Waals surface area contributed by atoms with Gasteiger partial charge in [-0.2, -0.15) is 0 Å². The van der Waals surface area contributed by atoms with Gasteiger partial charge in [0.1, 0.15) is 11.6 Å². The van der Waals surface area contributed by atoms with Crippen LogP contribution in [0.3, 0.4) is 0 Å². The zero-order valence-electron chi connectivity index (χ0n) is 13.9. The lowest BCUT2D eigenvalue weighted by Gasteiger charge is -2.37. The maximum atomic E-state index is 4.55. The molecule has 0 bridgehead atoms. The van der Waals surface area contributed by atoms with Crippen LogP contribution < -0.4 is 5.32 Å². The Morgan fingerprint density at radius 2 is 2.05 bits per heavy atom. The maximum absolute atomic E-state index is 4.55. The number of rotatable bonds is 3. The zero-order chi connectivity index (χ0) is 15.0. The van der Waals surface area contributed by atoms with Crippen LogP contribution in [0.2, 0.25) is 0 Å². The molecule has 5 heteroatoms. The smallest absolute Gasteiger partial charge is 0.136 e. The monoisotopic (exact) mass is 303 g/mol. The van der Waals surface area contributed by atoms with Gasteiger partial charge in [-0.05, 0) is 57.2 Å². The molecule has 0 radical (unpaired) electrons. The van der Waals surface area contributed by atoms with E-state index in [1.165, 1.54) is 76.5 Å². The van der Waals surface area contributed by atoms with Crippen molar-refractivity contribution in [2.75, 3.05) is 32.7 Å². The van der Waals surface area contributed by atoms with Crippen molar-refractivity contribution in [3.05, 3.63) is 11.6 Å². The summed E-state index contributed by atoms with van der Waals surface area (Å²) < 4.78 is 2.42. The fraction of sp³-hybridized carbons (Fsp3) is 0.882. The van der Waals surface area contributed by atoms with E-state index in [9.17, 15) is 0 Å². The highest BCUT2D eigenvalue weighted by atomic mass is 15.3. The summed E-state index contributed by atoms with van der Waals surface area (Å²) in [5.74, 6) is 3.14. The standard InChI is InChI=1S/C17H29N5/c1-17(7-8-18-12-17)13-21-10-5-14(6-11-21)16-20-19-15-4-2-3-9-22(15)16/h14,18H,2-13H2,1H3. The summed E-state index contributed by atoms with van der Waals surface area (Å²) in [5, 5.41) is 12.5. The van der Waals surface area contributed by atoms with Crippen molar-refractivity contribution in [1.29, 1.82) is 0 Å². The third-order valence-corrected chi connectivity index (χ3v) is 5.90. The van der Waals surface area contributed by atoms with Crippen molar-refractivity contribution in [3.63, 3.8) is 0 Å². The van der Waals surface area contributed by atoms with Gasteiger partial charge in [0.05, 0.1) is 0 Å². The van der Waals surface area contributed by atoms with Crippen molar-refractivity contribution in [2.24, 2.45) is 5.41 Å². The molecule has 1 unspecified atom stereocenters. The second-order valence-corrected chi connectivity index (χ2v) is 7.87. The Morgan fingerprint density at radius 1 is 1.18 bits per heavy atom. The molecule has 1 aromatic heterocycles. The summed E-state index contributed by atoms with van der Waals surface area (Å²) >= 11 is 0. The van der Waals surface area contributed by atoms with Gasteiger partial charge in [-0.3, -0.25) is 0 Å². The molecule has 0 aromatic carbocycles. The van der Waals surface area contributed by atoms with Crippen LogP contribution in [0.1, 0.15) is 56.6 Å². The van der Waals surface area contributed by atoms with Crippen LogP contribution in [-0.2, 0) is 13.0 Å². The molecule has 5 nitrogen and oxygen atoms in total. The fourth-order valence-corrected chi connectivity index (χ4v) is 4.53. The average Bonchev–Trinajstić information content (AvgIpc) is 3.15. The SMILES string of the molecule is CC1(CN2CCC(c3nnc4n3CCCC4)CC2)CCNC1. The molecular formula is C17H29N5. The minimum atomic E-state index is 0.487. The molecule has 1 atom stereocenters. The van der Waals surface area contributed by atoms with Crippen molar-refractivity contribution in [1.82, 2.24) is 25.0 Å². The van der Waals surface area contributed by atoms with Crippen molar-refractivity contribution >= 4 is 0 Å². The van der Waals surface area contributed by atoms with E-state index in [2.05, 4.69) is 31.9 Å². The Morgan fingerprint density at radius 3 is 2.82 bits per heavy atom. The fourth-order valence-electron chi connectivity index (χ4n) is 4.53. The Hall–Kier alpha value is -0.940. The molecule has 1 aromatic rings. The van der Waals surface area contributed by atoms with Crippen LogP contribution in [0.5, 0.6) is 0 Å². The predicted molar refractivity (Wildman–Crippen MR) is 87.0 cm³/mol. The Balaban J connectivity index is 1.37. The number of nitrogens with zero attached hydrogens (tertiary/aromatic N) is 4. The molecule has 122 valence electrons. The minimum Gasteiger partial charge on any atom is -0.316 e. The number of hydrogen-bond acceptors (Lipinski definition) is 4. The number of fused-ring (bicyclic) bond motifs is 1. The number of likely N-dealkylation sites (tertiary alicyclic amines) is 1. The first kappa shape index (κ1) is 14.6. The lowest BCUT2D eigenvalue weighted by Crippen LogP contribution is -2.41. The average molecular weight is 303 g/mol. The summed E-state index contributed by atoms with van der Waals surface area (Å²) in [6.07, 6.45) is 7.52. The van der Waals surface area contributed by atoms with E-state index in [0.29, 0.717) is 11.3 Å². The van der Waals surface area contributed by atoms with Crippen molar-refractivity contribution in [3.8, 4) is 0 Å². The molecule has 0 aliphatic carbocycles. The van der Waals surface area contributed by atoms with E-state index in [1.54, 1.807) is 0 Å². The highest BCUT2D eigenvalue weighted by Gasteiger charge is 2.33. The van der Waals surface area contributed by atoms with E-state index in [-0.39, 0.29) is 0 Å². The van der Waals surface area contributed by atoms with Crippen molar-refractivity contribution in [2.45, 2.75) is 57.9 Å². The van der Waals surface area contributed by atoms with Gasteiger partial charge in [0.25, 0.3) is 0 Å². The quantitative estimate of drug-likeness (QED) is 0.925. The first-order valence-corrected chi connectivity index (χ1v) is 9.09. The first-order valence-electron chi connectivity index (χ1n) is 9.09. The number of aromatic nitrogens is 3. The predicted octanol–water partition coefficient (Wildman–Crippen LogP) is 1.79. The molecule has 1 N–H and O–H groups in total. The van der Waals surface area contributed by atoms with Crippen LogP contribution >= 0.6 is 0 Å². The number of piperidine rings is 1. The highest BCUT2D eigenvalue weighted by molar-refractivity contribution is 5.06. The zero-order valence-corrected chi connectivity index (χ0v) is 13.9. The lowest BCUT2D eigenvalue weighted by atomic mass is 9.87. The molecule has 0 spiro atoms. The molecule has 3 aliphatic heterocycles. The van der Waals surface area contributed by atoms with Crippen LogP contribution in [0, 0.1) is 5.41 Å². The van der Waals surface area contributed by atoms with Gasteiger partial charge < -0.3 is 14.8 Å². The van der Waals surface area contributed by atoms with Gasteiger partial charge in [0, 0.05) is 32.0 Å². The van der Waals surface area contributed by atoms with E-state index in [1.807, 2.05) is 0 Å².